The lowest BCUT2D eigenvalue weighted by Crippen LogP contribution is -2.04. The Morgan fingerprint density at radius 2 is 2.11 bits per heavy atom. The number of hydrogen-bond acceptors (Lipinski definition) is 5. The van der Waals surface area contributed by atoms with Gasteiger partial charge >= 0.3 is 0 Å². The van der Waals surface area contributed by atoms with Crippen LogP contribution in [0.25, 0.3) is 0 Å². The highest BCUT2D eigenvalue weighted by molar-refractivity contribution is 5.31. The lowest BCUT2D eigenvalue weighted by atomic mass is 10.2. The third kappa shape index (κ3) is 3.64. The van der Waals surface area contributed by atoms with Gasteiger partial charge < -0.3 is 10.5 Å². The molecule has 0 unspecified atom stereocenters. The summed E-state index contributed by atoms with van der Waals surface area (Å²) in [5, 5.41) is 0. The number of nitrogens with two attached hydrogens (primary N) is 1. The summed E-state index contributed by atoms with van der Waals surface area (Å²) >= 11 is 0. The van der Waals surface area contributed by atoms with Crippen molar-refractivity contribution in [1.82, 2.24) is 15.0 Å². The van der Waals surface area contributed by atoms with Crippen LogP contribution in [0.1, 0.15) is 30.4 Å². The lowest BCUT2D eigenvalue weighted by Gasteiger charge is -2.05. The molecule has 0 spiro atoms. The minimum absolute atomic E-state index is 0.523. The molecule has 0 aromatic carbocycles. The van der Waals surface area contributed by atoms with Crippen LogP contribution >= 0.6 is 0 Å². The van der Waals surface area contributed by atoms with Gasteiger partial charge in [-0.3, -0.25) is 0 Å². The predicted molar refractivity (Wildman–Crippen MR) is 74.0 cm³/mol. The van der Waals surface area contributed by atoms with Crippen LogP contribution in [0, 0.1) is 0 Å². The van der Waals surface area contributed by atoms with Gasteiger partial charge in [0, 0.05) is 30.4 Å². The van der Waals surface area contributed by atoms with Crippen LogP contribution in [0.5, 0.6) is 5.88 Å². The number of rotatable bonds is 5. The Morgan fingerprint density at radius 3 is 2.74 bits per heavy atom. The van der Waals surface area contributed by atoms with E-state index in [1.54, 1.807) is 13.3 Å². The Kier molecular flexibility index (Phi) is 4.28. The van der Waals surface area contributed by atoms with E-state index in [1.807, 2.05) is 18.2 Å². The maximum atomic E-state index is 5.80. The summed E-state index contributed by atoms with van der Waals surface area (Å²) in [6.07, 6.45) is 4.35. The highest BCUT2D eigenvalue weighted by atomic mass is 16.5. The summed E-state index contributed by atoms with van der Waals surface area (Å²) in [6, 6.07) is 5.62. The van der Waals surface area contributed by atoms with Gasteiger partial charge in [0.05, 0.1) is 7.11 Å². The third-order valence-corrected chi connectivity index (χ3v) is 2.72. The fourth-order valence-electron chi connectivity index (χ4n) is 1.86. The number of nitrogen functional groups attached to an aromatic ring is 1. The van der Waals surface area contributed by atoms with Gasteiger partial charge in [0.15, 0.2) is 0 Å². The van der Waals surface area contributed by atoms with Crippen LogP contribution in [-0.4, -0.2) is 22.1 Å². The molecule has 0 aliphatic carbocycles. The van der Waals surface area contributed by atoms with Crippen molar-refractivity contribution < 1.29 is 4.74 Å². The Labute approximate surface area is 112 Å². The maximum absolute atomic E-state index is 5.80. The first kappa shape index (κ1) is 13.3. The molecule has 2 rings (SSSR count). The highest BCUT2D eigenvalue weighted by Crippen LogP contribution is 2.12. The van der Waals surface area contributed by atoms with Crippen molar-refractivity contribution in [2.45, 2.75) is 26.2 Å². The normalized spacial score (nSPS) is 10.4. The number of ether oxygens (including phenoxy) is 1. The summed E-state index contributed by atoms with van der Waals surface area (Å²) in [5.74, 6) is 1.86. The zero-order valence-corrected chi connectivity index (χ0v) is 11.3. The van der Waals surface area contributed by atoms with E-state index >= 15 is 0 Å². The maximum Gasteiger partial charge on any atom is 0.212 e. The first-order valence-electron chi connectivity index (χ1n) is 6.32. The van der Waals surface area contributed by atoms with Crippen molar-refractivity contribution in [3.8, 4) is 5.88 Å². The zero-order valence-electron chi connectivity index (χ0n) is 11.3. The van der Waals surface area contributed by atoms with Crippen molar-refractivity contribution in [3.05, 3.63) is 41.5 Å². The van der Waals surface area contributed by atoms with Crippen LogP contribution in [0.4, 0.5) is 5.82 Å². The fourth-order valence-corrected chi connectivity index (χ4v) is 1.86. The lowest BCUT2D eigenvalue weighted by molar-refractivity contribution is 0.397. The molecule has 0 atom stereocenters. The molecule has 0 amide bonds. The van der Waals surface area contributed by atoms with Gasteiger partial charge in [-0.1, -0.05) is 19.4 Å². The van der Waals surface area contributed by atoms with Crippen LogP contribution in [0.3, 0.4) is 0 Å². The SMILES string of the molecule is CCCc1cc(N)nc(Cc2ccc(OC)nc2)n1. The minimum atomic E-state index is 0.523. The van der Waals surface area contributed by atoms with Gasteiger partial charge in [0.1, 0.15) is 11.6 Å². The topological polar surface area (TPSA) is 73.9 Å². The second-order valence-corrected chi connectivity index (χ2v) is 4.34. The van der Waals surface area contributed by atoms with Crippen molar-refractivity contribution in [2.75, 3.05) is 12.8 Å². The van der Waals surface area contributed by atoms with Crippen LogP contribution < -0.4 is 10.5 Å². The van der Waals surface area contributed by atoms with Gasteiger partial charge in [-0.25, -0.2) is 15.0 Å². The van der Waals surface area contributed by atoms with Crippen molar-refractivity contribution >= 4 is 5.82 Å². The molecule has 0 saturated carbocycles. The first-order valence-corrected chi connectivity index (χ1v) is 6.32. The number of pyridine rings is 1. The van der Waals surface area contributed by atoms with E-state index in [-0.39, 0.29) is 0 Å². The molecule has 5 nitrogen and oxygen atoms in total. The minimum Gasteiger partial charge on any atom is -0.481 e. The molecule has 0 radical (unpaired) electrons. The summed E-state index contributed by atoms with van der Waals surface area (Å²) in [4.78, 5) is 12.9. The zero-order chi connectivity index (χ0) is 13.7. The standard InChI is InChI=1S/C14H18N4O/c1-3-4-11-8-12(15)18-13(17-11)7-10-5-6-14(19-2)16-9-10/h5-6,8-9H,3-4,7H2,1-2H3,(H2,15,17,18). The fraction of sp³-hybridized carbons (Fsp3) is 0.357. The molecule has 2 heterocycles. The molecule has 2 N–H and O–H groups in total. The smallest absolute Gasteiger partial charge is 0.212 e. The molecule has 0 saturated heterocycles. The molecule has 19 heavy (non-hydrogen) atoms. The number of methoxy groups -OCH3 is 1. The van der Waals surface area contributed by atoms with E-state index in [2.05, 4.69) is 21.9 Å². The van der Waals surface area contributed by atoms with Crippen LogP contribution in [0.15, 0.2) is 24.4 Å². The Morgan fingerprint density at radius 1 is 1.26 bits per heavy atom. The Bertz CT molecular complexity index is 540. The molecule has 2 aromatic rings. The van der Waals surface area contributed by atoms with E-state index in [9.17, 15) is 0 Å². The van der Waals surface area contributed by atoms with Crippen molar-refractivity contribution in [1.29, 1.82) is 0 Å². The van der Waals surface area contributed by atoms with E-state index in [0.717, 1.165) is 29.9 Å². The molecule has 0 aliphatic rings. The summed E-state index contributed by atoms with van der Waals surface area (Å²) in [6.45, 7) is 2.12. The quantitative estimate of drug-likeness (QED) is 0.888. The molecule has 0 fully saturated rings. The number of hydrogen-bond donors (Lipinski definition) is 1. The van der Waals surface area contributed by atoms with Crippen molar-refractivity contribution in [3.63, 3.8) is 0 Å². The van der Waals surface area contributed by atoms with Crippen LogP contribution in [-0.2, 0) is 12.8 Å². The van der Waals surface area contributed by atoms with E-state index < -0.39 is 0 Å². The number of aromatic nitrogens is 3. The van der Waals surface area contributed by atoms with Crippen LogP contribution in [0.2, 0.25) is 0 Å². The summed E-state index contributed by atoms with van der Waals surface area (Å²) in [5.41, 5.74) is 7.83. The van der Waals surface area contributed by atoms with Gasteiger partial charge in [0.2, 0.25) is 5.88 Å². The second kappa shape index (κ2) is 6.13. The third-order valence-electron chi connectivity index (χ3n) is 2.72. The highest BCUT2D eigenvalue weighted by Gasteiger charge is 2.04. The van der Waals surface area contributed by atoms with Gasteiger partial charge in [-0.05, 0) is 12.0 Å². The first-order chi connectivity index (χ1) is 9.21. The molecule has 2 aromatic heterocycles. The molecule has 0 bridgehead atoms. The van der Waals surface area contributed by atoms with E-state index in [1.165, 1.54) is 0 Å². The Hall–Kier alpha value is -2.17. The monoisotopic (exact) mass is 258 g/mol. The average molecular weight is 258 g/mol. The number of nitrogens with zero attached hydrogens (tertiary/aromatic N) is 3. The summed E-state index contributed by atoms with van der Waals surface area (Å²) in [7, 11) is 1.60. The average Bonchev–Trinajstić information content (AvgIpc) is 2.39. The van der Waals surface area contributed by atoms with E-state index in [0.29, 0.717) is 18.1 Å². The molecular formula is C14H18N4O. The largest absolute Gasteiger partial charge is 0.481 e. The predicted octanol–water partition coefficient (Wildman–Crippen LogP) is 2.01. The summed E-state index contributed by atoms with van der Waals surface area (Å²) < 4.78 is 5.03. The second-order valence-electron chi connectivity index (χ2n) is 4.34. The van der Waals surface area contributed by atoms with Gasteiger partial charge in [-0.15, -0.1) is 0 Å². The molecule has 0 aliphatic heterocycles. The molecular weight excluding hydrogens is 240 g/mol. The number of aryl methyl sites for hydroxylation is 1. The van der Waals surface area contributed by atoms with E-state index in [4.69, 9.17) is 10.5 Å². The van der Waals surface area contributed by atoms with Gasteiger partial charge in [-0.2, -0.15) is 0 Å². The van der Waals surface area contributed by atoms with Gasteiger partial charge in [0.25, 0.3) is 0 Å². The molecule has 5 heteroatoms. The molecule has 100 valence electrons. The Balaban J connectivity index is 2.17. The number of anilines is 1. The van der Waals surface area contributed by atoms with Crippen molar-refractivity contribution in [2.24, 2.45) is 0 Å².